The van der Waals surface area contributed by atoms with Crippen LogP contribution in [0.3, 0.4) is 0 Å². The van der Waals surface area contributed by atoms with Gasteiger partial charge in [0.1, 0.15) is 0 Å². The summed E-state index contributed by atoms with van der Waals surface area (Å²) in [6, 6.07) is 6.61. The van der Waals surface area contributed by atoms with E-state index in [9.17, 15) is 14.4 Å². The number of aryl methyl sites for hydroxylation is 1. The van der Waals surface area contributed by atoms with E-state index in [0.29, 0.717) is 24.3 Å². The van der Waals surface area contributed by atoms with Gasteiger partial charge < -0.3 is 5.11 Å². The number of aromatic nitrogens is 2. The number of hydrogen-bond donors (Lipinski definition) is 2. The Morgan fingerprint density at radius 3 is 2.70 bits per heavy atom. The molecule has 1 aliphatic heterocycles. The molecule has 1 aromatic carbocycles. The highest BCUT2D eigenvalue weighted by Crippen LogP contribution is 2.20. The molecule has 0 aliphatic carbocycles. The van der Waals surface area contributed by atoms with Crippen molar-refractivity contribution in [2.75, 3.05) is 5.75 Å². The Bertz CT molecular complexity index is 852. The third-order valence-electron chi connectivity index (χ3n) is 3.97. The van der Waals surface area contributed by atoms with E-state index in [-0.39, 0.29) is 16.8 Å². The second-order valence-electron chi connectivity index (χ2n) is 5.39. The van der Waals surface area contributed by atoms with Gasteiger partial charge in [0.05, 0.1) is 5.56 Å². The first-order chi connectivity index (χ1) is 11.1. The average Bonchev–Trinajstić information content (AvgIpc) is 2.55. The molecule has 0 amide bonds. The van der Waals surface area contributed by atoms with Crippen molar-refractivity contribution in [2.24, 2.45) is 0 Å². The highest BCUT2D eigenvalue weighted by Gasteiger charge is 2.18. The zero-order chi connectivity index (χ0) is 16.4. The summed E-state index contributed by atoms with van der Waals surface area (Å²) < 4.78 is 1.64. The number of fused-ring (bicyclic) bond motifs is 1. The number of benzene rings is 1. The van der Waals surface area contributed by atoms with Crippen LogP contribution in [0.4, 0.5) is 0 Å². The maximum Gasteiger partial charge on any atom is 0.335 e. The van der Waals surface area contributed by atoms with Gasteiger partial charge in [-0.3, -0.25) is 14.3 Å². The van der Waals surface area contributed by atoms with Crippen LogP contribution in [0, 0.1) is 0 Å². The van der Waals surface area contributed by atoms with Crippen molar-refractivity contribution in [3.05, 3.63) is 67.5 Å². The number of carbonyl (C=O) groups is 1. The maximum absolute atomic E-state index is 12.1. The SMILES string of the molecule is O=C(O)c1ccc(CCn2c3c(c(=O)[nH]c2=O)CSCC3)cc1. The van der Waals surface area contributed by atoms with Gasteiger partial charge in [-0.2, -0.15) is 11.8 Å². The van der Waals surface area contributed by atoms with E-state index in [1.54, 1.807) is 40.6 Å². The molecule has 0 spiro atoms. The zero-order valence-corrected chi connectivity index (χ0v) is 13.2. The van der Waals surface area contributed by atoms with Crippen LogP contribution in [-0.2, 0) is 25.1 Å². The van der Waals surface area contributed by atoms with E-state index < -0.39 is 5.97 Å². The van der Waals surface area contributed by atoms with Gasteiger partial charge in [-0.15, -0.1) is 0 Å². The largest absolute Gasteiger partial charge is 0.478 e. The molecule has 120 valence electrons. The Balaban J connectivity index is 1.84. The summed E-state index contributed by atoms with van der Waals surface area (Å²) in [7, 11) is 0. The van der Waals surface area contributed by atoms with Crippen LogP contribution < -0.4 is 11.2 Å². The van der Waals surface area contributed by atoms with Crippen molar-refractivity contribution < 1.29 is 9.90 Å². The molecule has 2 heterocycles. The van der Waals surface area contributed by atoms with Gasteiger partial charge >= 0.3 is 11.7 Å². The molecule has 6 nitrogen and oxygen atoms in total. The molecule has 1 aliphatic rings. The standard InChI is InChI=1S/C16H16N2O4S/c19-14-12-9-23-8-6-13(12)18(16(22)17-14)7-5-10-1-3-11(4-2-10)15(20)21/h1-4H,5-9H2,(H,20,21)(H,17,19,22). The molecule has 3 rings (SSSR count). The molecule has 0 unspecified atom stereocenters. The van der Waals surface area contributed by atoms with Crippen molar-refractivity contribution in [2.45, 2.75) is 25.1 Å². The first kappa shape index (κ1) is 15.6. The molecule has 0 saturated heterocycles. The minimum atomic E-state index is -0.958. The molecular formula is C16H16N2O4S. The lowest BCUT2D eigenvalue weighted by Gasteiger charge is -2.19. The monoisotopic (exact) mass is 332 g/mol. The second kappa shape index (κ2) is 6.45. The first-order valence-corrected chi connectivity index (χ1v) is 8.46. The number of carboxylic acids is 1. The van der Waals surface area contributed by atoms with Gasteiger partial charge in [-0.05, 0) is 36.3 Å². The number of aromatic amines is 1. The van der Waals surface area contributed by atoms with Crippen LogP contribution in [-0.4, -0.2) is 26.4 Å². The number of carboxylic acid groups (broad SMARTS) is 1. The highest BCUT2D eigenvalue weighted by molar-refractivity contribution is 7.98. The molecule has 0 radical (unpaired) electrons. The van der Waals surface area contributed by atoms with Gasteiger partial charge in [0.15, 0.2) is 0 Å². The van der Waals surface area contributed by atoms with Crippen molar-refractivity contribution in [1.29, 1.82) is 0 Å². The third-order valence-corrected chi connectivity index (χ3v) is 4.95. The lowest BCUT2D eigenvalue weighted by molar-refractivity contribution is 0.0697. The fraction of sp³-hybridized carbons (Fsp3) is 0.312. The first-order valence-electron chi connectivity index (χ1n) is 7.31. The predicted molar refractivity (Wildman–Crippen MR) is 88.3 cm³/mol. The Morgan fingerprint density at radius 1 is 1.26 bits per heavy atom. The normalized spacial score (nSPS) is 13.6. The highest BCUT2D eigenvalue weighted by atomic mass is 32.2. The van der Waals surface area contributed by atoms with E-state index in [2.05, 4.69) is 4.98 Å². The summed E-state index contributed by atoms with van der Waals surface area (Å²) >= 11 is 1.69. The molecule has 2 aromatic rings. The molecule has 0 atom stereocenters. The third kappa shape index (κ3) is 3.24. The summed E-state index contributed by atoms with van der Waals surface area (Å²) in [5, 5.41) is 8.90. The van der Waals surface area contributed by atoms with Crippen LogP contribution in [0.2, 0.25) is 0 Å². The number of nitrogens with zero attached hydrogens (tertiary/aromatic N) is 1. The molecule has 1 aromatic heterocycles. The van der Waals surface area contributed by atoms with Crippen molar-refractivity contribution in [3.8, 4) is 0 Å². The summed E-state index contributed by atoms with van der Waals surface area (Å²) in [5.41, 5.74) is 2.07. The fourth-order valence-electron chi connectivity index (χ4n) is 2.73. The summed E-state index contributed by atoms with van der Waals surface area (Å²) in [5.74, 6) is 0.585. The molecule has 0 bridgehead atoms. The zero-order valence-electron chi connectivity index (χ0n) is 12.4. The van der Waals surface area contributed by atoms with Crippen LogP contribution in [0.5, 0.6) is 0 Å². The number of thioether (sulfide) groups is 1. The fourth-order valence-corrected chi connectivity index (χ4v) is 3.71. The minimum absolute atomic E-state index is 0.240. The molecule has 0 saturated carbocycles. The van der Waals surface area contributed by atoms with Crippen LogP contribution in [0.15, 0.2) is 33.9 Å². The van der Waals surface area contributed by atoms with Crippen LogP contribution >= 0.6 is 11.8 Å². The number of aromatic carboxylic acids is 1. The van der Waals surface area contributed by atoms with E-state index in [4.69, 9.17) is 5.11 Å². The topological polar surface area (TPSA) is 92.2 Å². The smallest absolute Gasteiger partial charge is 0.335 e. The molecule has 0 fully saturated rings. The van der Waals surface area contributed by atoms with E-state index in [1.165, 1.54) is 0 Å². The summed E-state index contributed by atoms with van der Waals surface area (Å²) in [6.07, 6.45) is 1.32. The molecule has 7 heteroatoms. The van der Waals surface area contributed by atoms with E-state index in [1.807, 2.05) is 0 Å². The van der Waals surface area contributed by atoms with Crippen molar-refractivity contribution in [1.82, 2.24) is 9.55 Å². The Hall–Kier alpha value is -2.28. The van der Waals surface area contributed by atoms with Crippen molar-refractivity contribution >= 4 is 17.7 Å². The second-order valence-corrected chi connectivity index (χ2v) is 6.50. The number of nitrogens with one attached hydrogen (secondary N) is 1. The summed E-state index contributed by atoms with van der Waals surface area (Å²) in [6.45, 7) is 0.467. The number of H-pyrrole nitrogens is 1. The summed E-state index contributed by atoms with van der Waals surface area (Å²) in [4.78, 5) is 37.2. The molecular weight excluding hydrogens is 316 g/mol. The quantitative estimate of drug-likeness (QED) is 0.879. The maximum atomic E-state index is 12.1. The number of rotatable bonds is 4. The van der Waals surface area contributed by atoms with E-state index in [0.717, 1.165) is 23.4 Å². The van der Waals surface area contributed by atoms with Gasteiger partial charge in [-0.1, -0.05) is 12.1 Å². The average molecular weight is 332 g/mol. The van der Waals surface area contributed by atoms with Gasteiger partial charge in [0.25, 0.3) is 5.56 Å². The molecule has 23 heavy (non-hydrogen) atoms. The lowest BCUT2D eigenvalue weighted by atomic mass is 10.1. The van der Waals surface area contributed by atoms with E-state index >= 15 is 0 Å². The molecule has 2 N–H and O–H groups in total. The van der Waals surface area contributed by atoms with Crippen molar-refractivity contribution in [3.63, 3.8) is 0 Å². The Morgan fingerprint density at radius 2 is 2.00 bits per heavy atom. The Labute approximate surface area is 136 Å². The lowest BCUT2D eigenvalue weighted by Crippen LogP contribution is -2.37. The van der Waals surface area contributed by atoms with Crippen LogP contribution in [0.1, 0.15) is 27.2 Å². The van der Waals surface area contributed by atoms with Crippen LogP contribution in [0.25, 0.3) is 0 Å². The minimum Gasteiger partial charge on any atom is -0.478 e. The van der Waals surface area contributed by atoms with Gasteiger partial charge in [0, 0.05) is 23.6 Å². The number of hydrogen-bond acceptors (Lipinski definition) is 4. The predicted octanol–water partition coefficient (Wildman–Crippen LogP) is 1.27. The van der Waals surface area contributed by atoms with Gasteiger partial charge in [0.2, 0.25) is 0 Å². The van der Waals surface area contributed by atoms with Gasteiger partial charge in [-0.25, -0.2) is 9.59 Å². The Kier molecular flexibility index (Phi) is 4.38.